The van der Waals surface area contributed by atoms with Crippen molar-refractivity contribution in [3.05, 3.63) is 69.7 Å². The summed E-state index contributed by atoms with van der Waals surface area (Å²) in [4.78, 5) is 44.8. The van der Waals surface area contributed by atoms with Crippen molar-refractivity contribution in [3.8, 4) is 17.2 Å². The van der Waals surface area contributed by atoms with E-state index in [1.165, 1.54) is 18.9 Å². The van der Waals surface area contributed by atoms with Gasteiger partial charge < -0.3 is 19.3 Å². The topological polar surface area (TPSA) is 115 Å². The molecule has 2 aromatic carbocycles. The summed E-state index contributed by atoms with van der Waals surface area (Å²) in [5.41, 5.74) is 1.23. The maximum Gasteiger partial charge on any atom is 0.301 e. The maximum absolute atomic E-state index is 13.3. The van der Waals surface area contributed by atoms with E-state index in [0.29, 0.717) is 52.2 Å². The number of carbonyl (C=O) groups excluding carboxylic acids is 3. The van der Waals surface area contributed by atoms with Gasteiger partial charge in [-0.2, -0.15) is 0 Å². The Morgan fingerprint density at radius 1 is 1.11 bits per heavy atom. The Morgan fingerprint density at radius 2 is 1.81 bits per heavy atom. The van der Waals surface area contributed by atoms with E-state index in [0.717, 1.165) is 11.3 Å². The highest BCUT2D eigenvalue weighted by Crippen LogP contribution is 2.45. The van der Waals surface area contributed by atoms with E-state index in [1.807, 2.05) is 0 Å². The van der Waals surface area contributed by atoms with Crippen LogP contribution in [0.2, 0.25) is 0 Å². The maximum atomic E-state index is 13.3. The van der Waals surface area contributed by atoms with Crippen LogP contribution in [0.5, 0.6) is 17.2 Å². The van der Waals surface area contributed by atoms with E-state index in [9.17, 15) is 19.5 Å². The second-order valence-electron chi connectivity index (χ2n) is 8.27. The molecule has 0 spiro atoms. The Labute approximate surface area is 210 Å². The number of amides is 1. The Morgan fingerprint density at radius 3 is 2.44 bits per heavy atom. The molecule has 0 bridgehead atoms. The number of Topliss-reactive ketones (excluding diaryl/α,β-unsaturated/α-hetero) is 2. The van der Waals surface area contributed by atoms with Gasteiger partial charge in [-0.1, -0.05) is 23.5 Å². The minimum Gasteiger partial charge on any atom is -0.507 e. The molecular weight excluding hydrogens is 484 g/mol. The van der Waals surface area contributed by atoms with Crippen molar-refractivity contribution in [1.29, 1.82) is 0 Å². The Kier molecular flexibility index (Phi) is 5.97. The van der Waals surface area contributed by atoms with Crippen LogP contribution in [0.1, 0.15) is 39.5 Å². The van der Waals surface area contributed by atoms with Crippen LogP contribution in [-0.2, 0) is 9.59 Å². The molecule has 2 aliphatic rings. The van der Waals surface area contributed by atoms with Crippen LogP contribution in [0.15, 0.2) is 48.0 Å². The molecule has 1 atom stereocenters. The summed E-state index contributed by atoms with van der Waals surface area (Å²) in [6.45, 7) is 3.86. The van der Waals surface area contributed by atoms with Crippen LogP contribution in [0.3, 0.4) is 0 Å². The number of benzene rings is 2. The lowest BCUT2D eigenvalue weighted by atomic mass is 9.95. The lowest BCUT2D eigenvalue weighted by Crippen LogP contribution is -2.29. The van der Waals surface area contributed by atoms with Gasteiger partial charge in [0.05, 0.1) is 29.3 Å². The highest BCUT2D eigenvalue weighted by atomic mass is 32.1. The number of aryl methyl sites for hydroxylation is 1. The number of aromatic nitrogens is 1. The minimum atomic E-state index is -0.977. The highest BCUT2D eigenvalue weighted by molar-refractivity contribution is 7.18. The second kappa shape index (κ2) is 9.12. The molecule has 9 nitrogen and oxygen atoms in total. The number of carbonyl (C=O) groups is 3. The predicted octanol–water partition coefficient (Wildman–Crippen LogP) is 4.06. The summed E-state index contributed by atoms with van der Waals surface area (Å²) in [6, 6.07) is 10.7. The molecule has 0 aliphatic carbocycles. The number of fused-ring (bicyclic) bond motifs is 1. The first kappa shape index (κ1) is 23.6. The standard InChI is InChI=1S/C26H22N2O7S/c1-13-24(14(2)29)36-26(27-13)28-21(15-4-7-17(33-3)8-5-15)20(23(31)25(28)32)22(30)16-6-9-18-19(12-16)35-11-10-34-18/h4-9,12,21,30H,10-11H2,1-3H3. The van der Waals surface area contributed by atoms with Crippen molar-refractivity contribution in [2.75, 3.05) is 25.2 Å². The molecule has 5 rings (SSSR count). The molecular formula is C26H22N2O7S. The third-order valence-corrected chi connectivity index (χ3v) is 7.26. The summed E-state index contributed by atoms with van der Waals surface area (Å²) in [6.07, 6.45) is 0. The molecule has 1 aromatic heterocycles. The lowest BCUT2D eigenvalue weighted by molar-refractivity contribution is -0.132. The molecule has 3 aromatic rings. The average molecular weight is 507 g/mol. The number of anilines is 1. The van der Waals surface area contributed by atoms with Gasteiger partial charge in [-0.15, -0.1) is 0 Å². The highest BCUT2D eigenvalue weighted by Gasteiger charge is 2.48. The SMILES string of the molecule is COc1ccc(C2C(=C(O)c3ccc4c(c3)OCCO4)C(=O)C(=O)N2c2nc(C)c(C(C)=O)s2)cc1. The van der Waals surface area contributed by atoms with Gasteiger partial charge in [0.2, 0.25) is 0 Å². The smallest absolute Gasteiger partial charge is 0.301 e. The van der Waals surface area contributed by atoms with Crippen molar-refractivity contribution >= 4 is 39.7 Å². The third-order valence-electron chi connectivity index (χ3n) is 6.00. The van der Waals surface area contributed by atoms with E-state index in [4.69, 9.17) is 14.2 Å². The molecule has 1 amide bonds. The molecule has 1 fully saturated rings. The van der Waals surface area contributed by atoms with Crippen molar-refractivity contribution in [3.63, 3.8) is 0 Å². The number of nitrogens with zero attached hydrogens (tertiary/aromatic N) is 2. The van der Waals surface area contributed by atoms with E-state index in [-0.39, 0.29) is 22.2 Å². The second-order valence-corrected chi connectivity index (χ2v) is 9.25. The number of hydrogen-bond donors (Lipinski definition) is 1. The van der Waals surface area contributed by atoms with Gasteiger partial charge in [0.25, 0.3) is 5.78 Å². The molecule has 36 heavy (non-hydrogen) atoms. The molecule has 1 unspecified atom stereocenters. The van der Waals surface area contributed by atoms with Crippen LogP contribution in [-0.4, -0.2) is 47.9 Å². The van der Waals surface area contributed by atoms with Crippen molar-refractivity contribution in [1.82, 2.24) is 4.98 Å². The molecule has 184 valence electrons. The monoisotopic (exact) mass is 506 g/mol. The van der Waals surface area contributed by atoms with Crippen molar-refractivity contribution in [2.24, 2.45) is 0 Å². The number of ketones is 2. The quantitative estimate of drug-likeness (QED) is 0.238. The predicted molar refractivity (Wildman–Crippen MR) is 132 cm³/mol. The molecule has 2 aliphatic heterocycles. The fourth-order valence-electron chi connectivity index (χ4n) is 4.29. The van der Waals surface area contributed by atoms with Crippen LogP contribution in [0, 0.1) is 6.92 Å². The number of ether oxygens (including phenoxy) is 3. The summed E-state index contributed by atoms with van der Waals surface area (Å²) in [7, 11) is 1.53. The van der Waals surface area contributed by atoms with Crippen LogP contribution < -0.4 is 19.1 Å². The van der Waals surface area contributed by atoms with E-state index < -0.39 is 17.7 Å². The summed E-state index contributed by atoms with van der Waals surface area (Å²) < 4.78 is 16.4. The molecule has 3 heterocycles. The summed E-state index contributed by atoms with van der Waals surface area (Å²) in [5, 5.41) is 11.5. The number of aliphatic hydroxyl groups is 1. The number of thiazole rings is 1. The lowest BCUT2D eigenvalue weighted by Gasteiger charge is -2.23. The van der Waals surface area contributed by atoms with Gasteiger partial charge in [-0.05, 0) is 42.8 Å². The van der Waals surface area contributed by atoms with Gasteiger partial charge in [0.1, 0.15) is 24.7 Å². The van der Waals surface area contributed by atoms with Gasteiger partial charge in [0, 0.05) is 12.5 Å². The van der Waals surface area contributed by atoms with Crippen LogP contribution >= 0.6 is 11.3 Å². The molecule has 1 saturated heterocycles. The van der Waals surface area contributed by atoms with Crippen LogP contribution in [0.25, 0.3) is 5.76 Å². The largest absolute Gasteiger partial charge is 0.507 e. The van der Waals surface area contributed by atoms with Crippen LogP contribution in [0.4, 0.5) is 5.13 Å². The first-order valence-corrected chi connectivity index (χ1v) is 11.9. The zero-order chi connectivity index (χ0) is 25.6. The van der Waals surface area contributed by atoms with Gasteiger partial charge in [-0.3, -0.25) is 19.3 Å². The third kappa shape index (κ3) is 3.89. The Hall–Kier alpha value is -4.18. The molecule has 10 heteroatoms. The Bertz CT molecular complexity index is 1420. The number of rotatable bonds is 5. The number of aliphatic hydroxyl groups excluding tert-OH is 1. The first-order valence-electron chi connectivity index (χ1n) is 11.1. The zero-order valence-corrected chi connectivity index (χ0v) is 20.5. The van der Waals surface area contributed by atoms with Gasteiger partial charge in [0.15, 0.2) is 22.4 Å². The van der Waals surface area contributed by atoms with E-state index >= 15 is 0 Å². The normalized spacial score (nSPS) is 18.4. The van der Waals surface area contributed by atoms with E-state index in [2.05, 4.69) is 4.98 Å². The first-order chi connectivity index (χ1) is 17.3. The van der Waals surface area contributed by atoms with E-state index in [1.54, 1.807) is 49.4 Å². The fourth-order valence-corrected chi connectivity index (χ4v) is 5.28. The average Bonchev–Trinajstić information content (AvgIpc) is 3.40. The summed E-state index contributed by atoms with van der Waals surface area (Å²) >= 11 is 1.03. The number of hydrogen-bond acceptors (Lipinski definition) is 9. The summed E-state index contributed by atoms with van der Waals surface area (Å²) in [5.74, 6) is -0.702. The number of methoxy groups -OCH3 is 1. The molecule has 0 radical (unpaired) electrons. The van der Waals surface area contributed by atoms with Gasteiger partial charge in [-0.25, -0.2) is 4.98 Å². The van der Waals surface area contributed by atoms with Gasteiger partial charge >= 0.3 is 5.91 Å². The molecule has 0 saturated carbocycles. The Balaban J connectivity index is 1.69. The van der Waals surface area contributed by atoms with Crippen molar-refractivity contribution < 1.29 is 33.7 Å². The fraction of sp³-hybridized carbons (Fsp3) is 0.231. The minimum absolute atomic E-state index is 0.0981. The molecule has 1 N–H and O–H groups in total. The van der Waals surface area contributed by atoms with Crippen molar-refractivity contribution in [2.45, 2.75) is 19.9 Å². The zero-order valence-electron chi connectivity index (χ0n) is 19.7.